The summed E-state index contributed by atoms with van der Waals surface area (Å²) in [5.74, 6) is 1.09. The molecule has 0 saturated carbocycles. The Balaban J connectivity index is 1.81. The van der Waals surface area contributed by atoms with E-state index in [1.807, 2.05) is 37.3 Å². The van der Waals surface area contributed by atoms with Gasteiger partial charge in [-0.1, -0.05) is 36.4 Å². The van der Waals surface area contributed by atoms with Crippen LogP contribution in [0.5, 0.6) is 0 Å². The summed E-state index contributed by atoms with van der Waals surface area (Å²) in [7, 11) is 0. The standard InChI is InChI=1S/C22H20N2O4/c1-2-27-14-23-21-13-20(16-7-5-8-17(12-16)24(25)26)19-11-10-15-6-3-4-9-18(15)22(19)28-21/h3-9,12-14,20H,2,10-11H2,1H3. The minimum absolute atomic E-state index is 0.0788. The third kappa shape index (κ3) is 3.41. The first-order chi connectivity index (χ1) is 13.7. The van der Waals surface area contributed by atoms with E-state index >= 15 is 0 Å². The van der Waals surface area contributed by atoms with Gasteiger partial charge in [0.2, 0.25) is 5.88 Å². The van der Waals surface area contributed by atoms with Crippen LogP contribution < -0.4 is 0 Å². The molecule has 1 heterocycles. The maximum atomic E-state index is 11.2. The zero-order valence-corrected chi connectivity index (χ0v) is 15.5. The van der Waals surface area contributed by atoms with Crippen LogP contribution in [0.3, 0.4) is 0 Å². The predicted molar refractivity (Wildman–Crippen MR) is 107 cm³/mol. The van der Waals surface area contributed by atoms with Gasteiger partial charge in [0.05, 0.1) is 11.5 Å². The maximum Gasteiger partial charge on any atom is 0.269 e. The number of hydrogen-bond acceptors (Lipinski definition) is 5. The Morgan fingerprint density at radius 2 is 2.11 bits per heavy atom. The van der Waals surface area contributed by atoms with Gasteiger partial charge in [-0.2, -0.15) is 4.99 Å². The highest BCUT2D eigenvalue weighted by atomic mass is 16.6. The molecule has 0 saturated heterocycles. The minimum Gasteiger partial charge on any atom is -0.483 e. The predicted octanol–water partition coefficient (Wildman–Crippen LogP) is 4.97. The number of nitro benzene ring substituents is 1. The first-order valence-corrected chi connectivity index (χ1v) is 9.27. The Morgan fingerprint density at radius 3 is 2.93 bits per heavy atom. The number of non-ortho nitro benzene ring substituents is 1. The zero-order valence-electron chi connectivity index (χ0n) is 15.5. The lowest BCUT2D eigenvalue weighted by atomic mass is 9.80. The second kappa shape index (κ2) is 7.68. The summed E-state index contributed by atoms with van der Waals surface area (Å²) in [6, 6.07) is 14.9. The van der Waals surface area contributed by atoms with Crippen molar-refractivity contribution in [3.05, 3.63) is 92.9 Å². The highest BCUT2D eigenvalue weighted by Gasteiger charge is 2.31. The van der Waals surface area contributed by atoms with E-state index < -0.39 is 0 Å². The number of rotatable bonds is 5. The quantitative estimate of drug-likeness (QED) is 0.319. The van der Waals surface area contributed by atoms with Gasteiger partial charge < -0.3 is 9.47 Å². The number of nitro groups is 1. The largest absolute Gasteiger partial charge is 0.483 e. The Kier molecular flexibility index (Phi) is 4.93. The maximum absolute atomic E-state index is 11.2. The van der Waals surface area contributed by atoms with Crippen molar-refractivity contribution in [1.82, 2.24) is 0 Å². The third-order valence-electron chi connectivity index (χ3n) is 4.97. The molecule has 0 N–H and O–H groups in total. The van der Waals surface area contributed by atoms with Crippen LogP contribution in [-0.2, 0) is 15.9 Å². The number of ether oxygens (including phenoxy) is 2. The Bertz CT molecular complexity index is 1010. The van der Waals surface area contributed by atoms with Crippen molar-refractivity contribution in [2.24, 2.45) is 4.99 Å². The van der Waals surface area contributed by atoms with Crippen molar-refractivity contribution in [2.45, 2.75) is 25.7 Å². The van der Waals surface area contributed by atoms with Gasteiger partial charge in [0.25, 0.3) is 5.69 Å². The molecule has 1 unspecified atom stereocenters. The van der Waals surface area contributed by atoms with Crippen LogP contribution >= 0.6 is 0 Å². The molecule has 2 aromatic carbocycles. The van der Waals surface area contributed by atoms with Gasteiger partial charge in [-0.05, 0) is 42.5 Å². The molecule has 2 aliphatic rings. The normalized spacial score (nSPS) is 18.2. The minimum atomic E-state index is -0.369. The highest BCUT2D eigenvalue weighted by molar-refractivity contribution is 5.72. The SMILES string of the molecule is CCOC=NC1=CC(c2cccc([N+](=O)[O-])c2)C2=C(O1)c1ccccc1CC2. The molecule has 1 aliphatic carbocycles. The molecule has 0 radical (unpaired) electrons. The molecule has 0 bridgehead atoms. The van der Waals surface area contributed by atoms with Crippen LogP contribution in [0.2, 0.25) is 0 Å². The molecule has 6 nitrogen and oxygen atoms in total. The van der Waals surface area contributed by atoms with E-state index in [0.717, 1.165) is 35.3 Å². The van der Waals surface area contributed by atoms with E-state index in [9.17, 15) is 10.1 Å². The van der Waals surface area contributed by atoms with E-state index in [1.165, 1.54) is 18.0 Å². The summed E-state index contributed by atoms with van der Waals surface area (Å²) in [5, 5.41) is 11.2. The van der Waals surface area contributed by atoms with Crippen molar-refractivity contribution < 1.29 is 14.4 Å². The number of hydrogen-bond donors (Lipinski definition) is 0. The number of fused-ring (bicyclic) bond motifs is 2. The number of allylic oxidation sites excluding steroid dienone is 2. The number of aliphatic imine (C=N–C) groups is 1. The van der Waals surface area contributed by atoms with Crippen molar-refractivity contribution >= 4 is 17.8 Å². The van der Waals surface area contributed by atoms with Crippen LogP contribution in [0.25, 0.3) is 5.76 Å². The first kappa shape index (κ1) is 18.0. The van der Waals surface area contributed by atoms with Crippen LogP contribution in [0.4, 0.5) is 5.69 Å². The Hall–Kier alpha value is -3.41. The Morgan fingerprint density at radius 1 is 1.25 bits per heavy atom. The molecule has 1 atom stereocenters. The van der Waals surface area contributed by atoms with Crippen molar-refractivity contribution in [3.63, 3.8) is 0 Å². The fourth-order valence-corrected chi connectivity index (χ4v) is 3.68. The van der Waals surface area contributed by atoms with Crippen molar-refractivity contribution in [1.29, 1.82) is 0 Å². The molecule has 1 aliphatic heterocycles. The van der Waals surface area contributed by atoms with E-state index in [2.05, 4.69) is 11.1 Å². The molecule has 0 spiro atoms. The fraction of sp³-hybridized carbons (Fsp3) is 0.227. The molecule has 2 aromatic rings. The lowest BCUT2D eigenvalue weighted by molar-refractivity contribution is -0.384. The fourth-order valence-electron chi connectivity index (χ4n) is 3.68. The molecule has 0 fully saturated rings. The molecular weight excluding hydrogens is 356 g/mol. The summed E-state index contributed by atoms with van der Waals surface area (Å²) in [6.07, 6.45) is 5.02. The van der Waals surface area contributed by atoms with E-state index in [-0.39, 0.29) is 16.5 Å². The van der Waals surface area contributed by atoms with Crippen LogP contribution in [0.1, 0.15) is 36.0 Å². The number of aryl methyl sites for hydroxylation is 1. The summed E-state index contributed by atoms with van der Waals surface area (Å²) in [4.78, 5) is 15.2. The van der Waals surface area contributed by atoms with Crippen LogP contribution in [0, 0.1) is 10.1 Å². The van der Waals surface area contributed by atoms with E-state index in [4.69, 9.17) is 9.47 Å². The van der Waals surface area contributed by atoms with Crippen molar-refractivity contribution in [3.8, 4) is 0 Å². The molecule has 0 aromatic heterocycles. The summed E-state index contributed by atoms with van der Waals surface area (Å²) >= 11 is 0. The molecule has 4 rings (SSSR count). The average Bonchev–Trinajstić information content (AvgIpc) is 2.73. The smallest absolute Gasteiger partial charge is 0.269 e. The second-order valence-electron chi connectivity index (χ2n) is 6.64. The lowest BCUT2D eigenvalue weighted by Crippen LogP contribution is -2.16. The molecule has 142 valence electrons. The average molecular weight is 376 g/mol. The van der Waals surface area contributed by atoms with Gasteiger partial charge in [-0.15, -0.1) is 0 Å². The van der Waals surface area contributed by atoms with Crippen LogP contribution in [-0.4, -0.2) is 17.9 Å². The van der Waals surface area contributed by atoms with Gasteiger partial charge in [-0.3, -0.25) is 10.1 Å². The molecule has 6 heteroatoms. The van der Waals surface area contributed by atoms with Crippen molar-refractivity contribution in [2.75, 3.05) is 6.61 Å². The zero-order chi connectivity index (χ0) is 19.5. The van der Waals surface area contributed by atoms with E-state index in [1.54, 1.807) is 12.1 Å². The van der Waals surface area contributed by atoms with E-state index in [0.29, 0.717) is 12.5 Å². The summed E-state index contributed by atoms with van der Waals surface area (Å²) in [5.41, 5.74) is 4.34. The molecular formula is C22H20N2O4. The topological polar surface area (TPSA) is 74.0 Å². The van der Waals surface area contributed by atoms with Gasteiger partial charge >= 0.3 is 0 Å². The monoisotopic (exact) mass is 376 g/mol. The van der Waals surface area contributed by atoms with Gasteiger partial charge in [0.15, 0.2) is 6.40 Å². The summed E-state index contributed by atoms with van der Waals surface area (Å²) in [6.45, 7) is 2.40. The first-order valence-electron chi connectivity index (χ1n) is 9.27. The Labute approximate surface area is 163 Å². The second-order valence-corrected chi connectivity index (χ2v) is 6.64. The highest BCUT2D eigenvalue weighted by Crippen LogP contribution is 2.45. The van der Waals surface area contributed by atoms with Crippen LogP contribution in [0.15, 0.2) is 71.1 Å². The number of benzene rings is 2. The van der Waals surface area contributed by atoms with Gasteiger partial charge in [-0.25, -0.2) is 0 Å². The number of nitrogens with zero attached hydrogens (tertiary/aromatic N) is 2. The van der Waals surface area contributed by atoms with Gasteiger partial charge in [0.1, 0.15) is 5.76 Å². The molecule has 0 amide bonds. The lowest BCUT2D eigenvalue weighted by Gasteiger charge is -2.31. The van der Waals surface area contributed by atoms with Gasteiger partial charge in [0, 0.05) is 23.6 Å². The summed E-state index contributed by atoms with van der Waals surface area (Å²) < 4.78 is 11.3. The third-order valence-corrected chi connectivity index (χ3v) is 4.97. The molecule has 28 heavy (non-hydrogen) atoms.